The molecule has 0 aliphatic heterocycles. The molecule has 2 aromatic rings. The van der Waals surface area contributed by atoms with E-state index >= 15 is 0 Å². The van der Waals surface area contributed by atoms with E-state index in [9.17, 15) is 4.79 Å². The Hall–Kier alpha value is -2.20. The second-order valence-electron chi connectivity index (χ2n) is 5.08. The molecule has 0 saturated heterocycles. The lowest BCUT2D eigenvalue weighted by Gasteiger charge is -2.10. The van der Waals surface area contributed by atoms with Crippen LogP contribution in [0.2, 0.25) is 5.02 Å². The summed E-state index contributed by atoms with van der Waals surface area (Å²) in [5.41, 5.74) is 1.89. The molecule has 0 fully saturated rings. The van der Waals surface area contributed by atoms with E-state index in [4.69, 9.17) is 21.1 Å². The van der Waals surface area contributed by atoms with E-state index < -0.39 is 0 Å². The number of nitrogens with one attached hydrogen (secondary N) is 1. The SMILES string of the molecule is COc1cccc(CCNC(=O)Cc2cc(Cl)ccc2OC)c1. The topological polar surface area (TPSA) is 47.6 Å². The third-order valence-electron chi connectivity index (χ3n) is 3.46. The van der Waals surface area contributed by atoms with Gasteiger partial charge in [-0.25, -0.2) is 0 Å². The zero-order valence-electron chi connectivity index (χ0n) is 13.3. The van der Waals surface area contributed by atoms with E-state index in [-0.39, 0.29) is 12.3 Å². The lowest BCUT2D eigenvalue weighted by Crippen LogP contribution is -2.27. The minimum absolute atomic E-state index is 0.0616. The molecule has 0 saturated carbocycles. The molecule has 1 N–H and O–H groups in total. The minimum atomic E-state index is -0.0616. The molecule has 4 nitrogen and oxygen atoms in total. The number of hydrogen-bond donors (Lipinski definition) is 1. The van der Waals surface area contributed by atoms with E-state index in [2.05, 4.69) is 5.32 Å². The van der Waals surface area contributed by atoms with Gasteiger partial charge in [-0.3, -0.25) is 4.79 Å². The van der Waals surface area contributed by atoms with Gasteiger partial charge in [0.2, 0.25) is 5.91 Å². The molecule has 0 bridgehead atoms. The van der Waals surface area contributed by atoms with Gasteiger partial charge in [0.1, 0.15) is 11.5 Å². The normalized spacial score (nSPS) is 10.2. The summed E-state index contributed by atoms with van der Waals surface area (Å²) in [5, 5.41) is 3.50. The van der Waals surface area contributed by atoms with Gasteiger partial charge < -0.3 is 14.8 Å². The first-order valence-electron chi connectivity index (χ1n) is 7.34. The number of halogens is 1. The molecule has 122 valence electrons. The Morgan fingerprint density at radius 3 is 2.70 bits per heavy atom. The van der Waals surface area contributed by atoms with E-state index in [0.29, 0.717) is 17.3 Å². The molecular weight excluding hydrogens is 314 g/mol. The lowest BCUT2D eigenvalue weighted by molar-refractivity contribution is -0.120. The maximum absolute atomic E-state index is 12.1. The van der Waals surface area contributed by atoms with Crippen LogP contribution < -0.4 is 14.8 Å². The number of amides is 1. The maximum atomic E-state index is 12.1. The first-order valence-corrected chi connectivity index (χ1v) is 7.72. The van der Waals surface area contributed by atoms with Crippen LogP contribution in [0.15, 0.2) is 42.5 Å². The van der Waals surface area contributed by atoms with Crippen LogP contribution in [0.25, 0.3) is 0 Å². The maximum Gasteiger partial charge on any atom is 0.224 e. The van der Waals surface area contributed by atoms with Gasteiger partial charge in [-0.2, -0.15) is 0 Å². The summed E-state index contributed by atoms with van der Waals surface area (Å²) in [5.74, 6) is 1.42. The highest BCUT2D eigenvalue weighted by Gasteiger charge is 2.09. The summed E-state index contributed by atoms with van der Waals surface area (Å²) >= 11 is 5.97. The fourth-order valence-corrected chi connectivity index (χ4v) is 2.49. The Balaban J connectivity index is 1.87. The molecule has 5 heteroatoms. The number of carbonyl (C=O) groups excluding carboxylic acids is 1. The van der Waals surface area contributed by atoms with Crippen molar-refractivity contribution < 1.29 is 14.3 Å². The van der Waals surface area contributed by atoms with E-state index in [1.807, 2.05) is 24.3 Å². The third kappa shape index (κ3) is 5.18. The molecule has 0 unspecified atom stereocenters. The number of hydrogen-bond acceptors (Lipinski definition) is 3. The molecule has 1 amide bonds. The lowest BCUT2D eigenvalue weighted by atomic mass is 10.1. The second-order valence-corrected chi connectivity index (χ2v) is 5.52. The van der Waals surface area contributed by atoms with E-state index in [0.717, 1.165) is 23.3 Å². The molecular formula is C18H20ClNO3. The predicted molar refractivity (Wildman–Crippen MR) is 91.4 cm³/mol. The molecule has 0 aromatic heterocycles. The van der Waals surface area contributed by atoms with Crippen LogP contribution in [0.4, 0.5) is 0 Å². The molecule has 0 radical (unpaired) electrons. The summed E-state index contributed by atoms with van der Waals surface area (Å²) in [6, 6.07) is 13.1. The zero-order valence-corrected chi connectivity index (χ0v) is 14.0. The van der Waals surface area contributed by atoms with Gasteiger partial charge in [-0.15, -0.1) is 0 Å². The number of methoxy groups -OCH3 is 2. The zero-order chi connectivity index (χ0) is 16.7. The molecule has 23 heavy (non-hydrogen) atoms. The number of benzene rings is 2. The quantitative estimate of drug-likeness (QED) is 0.846. The van der Waals surface area contributed by atoms with Crippen LogP contribution >= 0.6 is 11.6 Å². The van der Waals surface area contributed by atoms with Gasteiger partial charge in [0.25, 0.3) is 0 Å². The van der Waals surface area contributed by atoms with Gasteiger partial charge in [0.15, 0.2) is 0 Å². The first-order chi connectivity index (χ1) is 11.1. The van der Waals surface area contributed by atoms with Crippen molar-refractivity contribution in [2.24, 2.45) is 0 Å². The molecule has 2 aromatic carbocycles. The Labute approximate surface area is 141 Å². The fraction of sp³-hybridized carbons (Fsp3) is 0.278. The summed E-state index contributed by atoms with van der Waals surface area (Å²) in [6.45, 7) is 0.564. The Kier molecular flexibility index (Phi) is 6.29. The van der Waals surface area contributed by atoms with Crippen LogP contribution in [0.1, 0.15) is 11.1 Å². The van der Waals surface area contributed by atoms with Crippen molar-refractivity contribution in [1.29, 1.82) is 0 Å². The Morgan fingerprint density at radius 2 is 1.96 bits per heavy atom. The molecule has 0 spiro atoms. The smallest absolute Gasteiger partial charge is 0.224 e. The van der Waals surface area contributed by atoms with Gasteiger partial charge in [-0.1, -0.05) is 23.7 Å². The second kappa shape index (κ2) is 8.44. The van der Waals surface area contributed by atoms with Crippen LogP contribution in [0, 0.1) is 0 Å². The van der Waals surface area contributed by atoms with E-state index in [1.165, 1.54) is 0 Å². The Morgan fingerprint density at radius 1 is 1.13 bits per heavy atom. The van der Waals surface area contributed by atoms with Crippen molar-refractivity contribution in [3.63, 3.8) is 0 Å². The minimum Gasteiger partial charge on any atom is -0.497 e. The average molecular weight is 334 g/mol. The number of ether oxygens (including phenoxy) is 2. The highest BCUT2D eigenvalue weighted by Crippen LogP contribution is 2.23. The van der Waals surface area contributed by atoms with Gasteiger partial charge in [-0.05, 0) is 42.3 Å². The van der Waals surface area contributed by atoms with E-state index in [1.54, 1.807) is 32.4 Å². The van der Waals surface area contributed by atoms with Crippen molar-refractivity contribution >= 4 is 17.5 Å². The van der Waals surface area contributed by atoms with Crippen molar-refractivity contribution in [3.05, 3.63) is 58.6 Å². The van der Waals surface area contributed by atoms with Crippen molar-refractivity contribution in [2.45, 2.75) is 12.8 Å². The van der Waals surface area contributed by atoms with Crippen molar-refractivity contribution in [1.82, 2.24) is 5.32 Å². The molecule has 0 aliphatic rings. The highest BCUT2D eigenvalue weighted by molar-refractivity contribution is 6.30. The standard InChI is InChI=1S/C18H20ClNO3/c1-22-16-5-3-4-13(10-16)8-9-20-18(21)12-14-11-15(19)6-7-17(14)23-2/h3-7,10-11H,8-9,12H2,1-2H3,(H,20,21). The van der Waals surface area contributed by atoms with Crippen LogP contribution in [0.5, 0.6) is 11.5 Å². The van der Waals surface area contributed by atoms with Gasteiger partial charge >= 0.3 is 0 Å². The van der Waals surface area contributed by atoms with Crippen LogP contribution in [-0.2, 0) is 17.6 Å². The largest absolute Gasteiger partial charge is 0.497 e. The van der Waals surface area contributed by atoms with Crippen molar-refractivity contribution in [3.8, 4) is 11.5 Å². The fourth-order valence-electron chi connectivity index (χ4n) is 2.30. The summed E-state index contributed by atoms with van der Waals surface area (Å²) in [6.07, 6.45) is 0.984. The average Bonchev–Trinajstić information content (AvgIpc) is 2.55. The van der Waals surface area contributed by atoms with Gasteiger partial charge in [0.05, 0.1) is 20.6 Å². The summed E-state index contributed by atoms with van der Waals surface area (Å²) in [7, 11) is 3.21. The summed E-state index contributed by atoms with van der Waals surface area (Å²) in [4.78, 5) is 12.1. The van der Waals surface area contributed by atoms with Crippen LogP contribution in [-0.4, -0.2) is 26.7 Å². The molecule has 0 atom stereocenters. The summed E-state index contributed by atoms with van der Waals surface area (Å²) < 4.78 is 10.4. The number of carbonyl (C=O) groups is 1. The monoisotopic (exact) mass is 333 g/mol. The van der Waals surface area contributed by atoms with Gasteiger partial charge in [0, 0.05) is 17.1 Å². The van der Waals surface area contributed by atoms with Crippen molar-refractivity contribution in [2.75, 3.05) is 20.8 Å². The third-order valence-corrected chi connectivity index (χ3v) is 3.70. The molecule has 0 heterocycles. The van der Waals surface area contributed by atoms with Crippen LogP contribution in [0.3, 0.4) is 0 Å². The Bertz CT molecular complexity index is 673. The predicted octanol–water partition coefficient (Wildman–Crippen LogP) is 3.26. The number of rotatable bonds is 7. The first kappa shape index (κ1) is 17.2. The molecule has 0 aliphatic carbocycles. The molecule has 2 rings (SSSR count). The highest BCUT2D eigenvalue weighted by atomic mass is 35.5.